The number of hydrogen-bond acceptors (Lipinski definition) is 3. The van der Waals surface area contributed by atoms with Gasteiger partial charge in [-0.3, -0.25) is 4.79 Å². The van der Waals surface area contributed by atoms with Crippen molar-refractivity contribution >= 4 is 30.1 Å². The van der Waals surface area contributed by atoms with Crippen LogP contribution in [0.3, 0.4) is 0 Å². The monoisotopic (exact) mass is 286 g/mol. The maximum atomic E-state index is 12.0. The van der Waals surface area contributed by atoms with Crippen molar-refractivity contribution in [3.05, 3.63) is 30.3 Å². The molecule has 0 atom stereocenters. The number of carbonyl (C=O) groups is 1. The Kier molecular flexibility index (Phi) is 7.16. The molecule has 0 bridgehead atoms. The molecule has 1 fully saturated rings. The molecule has 1 amide bonds. The van der Waals surface area contributed by atoms with Crippen LogP contribution in [0.25, 0.3) is 0 Å². The molecule has 1 N–H and O–H groups in total. The summed E-state index contributed by atoms with van der Waals surface area (Å²) in [6.07, 6.45) is 1.06. The van der Waals surface area contributed by atoms with Crippen molar-refractivity contribution in [2.75, 3.05) is 31.9 Å². The van der Waals surface area contributed by atoms with Gasteiger partial charge in [-0.05, 0) is 25.1 Å². The minimum Gasteiger partial charge on any atom is -0.341 e. The molecular weight excluding hydrogens is 268 g/mol. The third-order valence-electron chi connectivity index (χ3n) is 2.80. The molecule has 0 saturated carbocycles. The summed E-state index contributed by atoms with van der Waals surface area (Å²) in [7, 11) is 0. The Morgan fingerprint density at radius 1 is 1.22 bits per heavy atom. The number of thioether (sulfide) groups is 1. The number of halogens is 1. The molecule has 5 heteroatoms. The average molecular weight is 287 g/mol. The highest BCUT2D eigenvalue weighted by Gasteiger charge is 2.14. The molecule has 2 rings (SSSR count). The van der Waals surface area contributed by atoms with Gasteiger partial charge in [-0.25, -0.2) is 0 Å². The molecule has 1 saturated heterocycles. The van der Waals surface area contributed by atoms with Crippen molar-refractivity contribution in [2.45, 2.75) is 11.3 Å². The molecule has 0 radical (unpaired) electrons. The topological polar surface area (TPSA) is 32.3 Å². The van der Waals surface area contributed by atoms with Crippen molar-refractivity contribution in [1.82, 2.24) is 10.2 Å². The van der Waals surface area contributed by atoms with Crippen molar-refractivity contribution in [3.8, 4) is 0 Å². The predicted molar refractivity (Wildman–Crippen MR) is 78.5 cm³/mol. The molecule has 1 aliphatic heterocycles. The van der Waals surface area contributed by atoms with Gasteiger partial charge in [0, 0.05) is 24.5 Å². The lowest BCUT2D eigenvalue weighted by molar-refractivity contribution is -0.128. The molecule has 0 unspecified atom stereocenters. The Morgan fingerprint density at radius 3 is 2.78 bits per heavy atom. The minimum atomic E-state index is 0. The molecule has 0 aliphatic carbocycles. The maximum Gasteiger partial charge on any atom is 0.232 e. The molecule has 1 aliphatic rings. The quantitative estimate of drug-likeness (QED) is 0.863. The van der Waals surface area contributed by atoms with Gasteiger partial charge >= 0.3 is 0 Å². The van der Waals surface area contributed by atoms with E-state index in [0.29, 0.717) is 5.75 Å². The highest BCUT2D eigenvalue weighted by molar-refractivity contribution is 8.00. The van der Waals surface area contributed by atoms with Crippen LogP contribution in [0.4, 0.5) is 0 Å². The van der Waals surface area contributed by atoms with Crippen LogP contribution in [0.1, 0.15) is 6.42 Å². The first-order valence-electron chi connectivity index (χ1n) is 6.02. The lowest BCUT2D eigenvalue weighted by atomic mass is 10.4. The van der Waals surface area contributed by atoms with Gasteiger partial charge in [0.15, 0.2) is 0 Å². The molecule has 0 aromatic heterocycles. The van der Waals surface area contributed by atoms with Gasteiger partial charge in [-0.2, -0.15) is 0 Å². The van der Waals surface area contributed by atoms with E-state index in [0.717, 1.165) is 37.5 Å². The van der Waals surface area contributed by atoms with E-state index in [4.69, 9.17) is 0 Å². The Balaban J connectivity index is 0.00000162. The molecule has 1 heterocycles. The molecule has 100 valence electrons. The maximum absolute atomic E-state index is 12.0. The summed E-state index contributed by atoms with van der Waals surface area (Å²) in [6.45, 7) is 3.67. The van der Waals surface area contributed by atoms with E-state index in [1.807, 2.05) is 35.2 Å². The van der Waals surface area contributed by atoms with Crippen molar-refractivity contribution in [3.63, 3.8) is 0 Å². The first-order chi connectivity index (χ1) is 8.36. The number of carbonyl (C=O) groups excluding carboxylic acids is 1. The first-order valence-corrected chi connectivity index (χ1v) is 7.01. The molecule has 18 heavy (non-hydrogen) atoms. The zero-order valence-electron chi connectivity index (χ0n) is 10.3. The number of benzene rings is 1. The van der Waals surface area contributed by atoms with E-state index < -0.39 is 0 Å². The highest BCUT2D eigenvalue weighted by Crippen LogP contribution is 2.17. The normalized spacial score (nSPS) is 15.7. The van der Waals surface area contributed by atoms with E-state index >= 15 is 0 Å². The Hall–Kier alpha value is -0.710. The Bertz CT molecular complexity index is 353. The fourth-order valence-corrected chi connectivity index (χ4v) is 2.67. The lowest BCUT2D eigenvalue weighted by Crippen LogP contribution is -2.35. The molecule has 1 aromatic rings. The predicted octanol–water partition coefficient (Wildman–Crippen LogP) is 2.02. The SMILES string of the molecule is Cl.O=C(CSc1ccccc1)N1CCCNCC1. The van der Waals surface area contributed by atoms with E-state index in [9.17, 15) is 4.79 Å². The summed E-state index contributed by atoms with van der Waals surface area (Å²) < 4.78 is 0. The Labute approximate surface area is 119 Å². The van der Waals surface area contributed by atoms with Crippen LogP contribution in [-0.4, -0.2) is 42.7 Å². The third kappa shape index (κ3) is 4.88. The number of nitrogens with zero attached hydrogens (tertiary/aromatic N) is 1. The van der Waals surface area contributed by atoms with Crippen LogP contribution in [0, 0.1) is 0 Å². The van der Waals surface area contributed by atoms with Crippen LogP contribution in [0.15, 0.2) is 35.2 Å². The third-order valence-corrected chi connectivity index (χ3v) is 3.80. The van der Waals surface area contributed by atoms with Gasteiger partial charge < -0.3 is 10.2 Å². The van der Waals surface area contributed by atoms with Gasteiger partial charge in [0.05, 0.1) is 5.75 Å². The van der Waals surface area contributed by atoms with E-state index in [1.54, 1.807) is 11.8 Å². The van der Waals surface area contributed by atoms with Gasteiger partial charge in [0.1, 0.15) is 0 Å². The van der Waals surface area contributed by atoms with Crippen LogP contribution in [0.5, 0.6) is 0 Å². The van der Waals surface area contributed by atoms with Gasteiger partial charge in [0.25, 0.3) is 0 Å². The standard InChI is InChI=1S/C13H18N2OS.ClH/c16-13(15-9-4-7-14-8-10-15)11-17-12-5-2-1-3-6-12;/h1-3,5-6,14H,4,7-11H2;1H. The van der Waals surface area contributed by atoms with Crippen LogP contribution in [-0.2, 0) is 4.79 Å². The molecule has 1 aromatic carbocycles. The highest BCUT2D eigenvalue weighted by atomic mass is 35.5. The van der Waals surface area contributed by atoms with Crippen LogP contribution >= 0.6 is 24.2 Å². The fourth-order valence-electron chi connectivity index (χ4n) is 1.85. The smallest absolute Gasteiger partial charge is 0.232 e. The van der Waals surface area contributed by atoms with Gasteiger partial charge in [-0.1, -0.05) is 18.2 Å². The summed E-state index contributed by atoms with van der Waals surface area (Å²) in [5.41, 5.74) is 0. The van der Waals surface area contributed by atoms with E-state index in [-0.39, 0.29) is 18.3 Å². The molecule has 3 nitrogen and oxygen atoms in total. The fraction of sp³-hybridized carbons (Fsp3) is 0.462. The summed E-state index contributed by atoms with van der Waals surface area (Å²) in [5, 5.41) is 3.31. The van der Waals surface area contributed by atoms with Crippen molar-refractivity contribution in [1.29, 1.82) is 0 Å². The zero-order valence-corrected chi connectivity index (χ0v) is 11.9. The summed E-state index contributed by atoms with van der Waals surface area (Å²) in [5.74, 6) is 0.798. The van der Waals surface area contributed by atoms with E-state index in [1.165, 1.54) is 0 Å². The largest absolute Gasteiger partial charge is 0.341 e. The first kappa shape index (κ1) is 15.3. The summed E-state index contributed by atoms with van der Waals surface area (Å²) >= 11 is 1.62. The van der Waals surface area contributed by atoms with E-state index in [2.05, 4.69) is 5.32 Å². The zero-order chi connectivity index (χ0) is 11.9. The number of nitrogens with one attached hydrogen (secondary N) is 1. The second kappa shape index (κ2) is 8.40. The number of rotatable bonds is 3. The van der Waals surface area contributed by atoms with Crippen LogP contribution in [0.2, 0.25) is 0 Å². The summed E-state index contributed by atoms with van der Waals surface area (Å²) in [6, 6.07) is 10.1. The second-order valence-electron chi connectivity index (χ2n) is 4.09. The molecular formula is C13H19ClN2OS. The lowest BCUT2D eigenvalue weighted by Gasteiger charge is -2.19. The van der Waals surface area contributed by atoms with Crippen LogP contribution < -0.4 is 5.32 Å². The minimum absolute atomic E-state index is 0. The average Bonchev–Trinajstić information content (AvgIpc) is 2.66. The number of hydrogen-bond donors (Lipinski definition) is 1. The second-order valence-corrected chi connectivity index (χ2v) is 5.13. The number of amides is 1. The van der Waals surface area contributed by atoms with Gasteiger partial charge in [-0.15, -0.1) is 24.2 Å². The van der Waals surface area contributed by atoms with Crippen molar-refractivity contribution < 1.29 is 4.79 Å². The van der Waals surface area contributed by atoms with Gasteiger partial charge in [0.2, 0.25) is 5.91 Å². The molecule has 0 spiro atoms. The Morgan fingerprint density at radius 2 is 2.00 bits per heavy atom. The summed E-state index contributed by atoms with van der Waals surface area (Å²) in [4.78, 5) is 15.1. The van der Waals surface area contributed by atoms with Crippen molar-refractivity contribution in [2.24, 2.45) is 0 Å².